The summed E-state index contributed by atoms with van der Waals surface area (Å²) < 4.78 is 18.9. The number of benzene rings is 3. The van der Waals surface area contributed by atoms with E-state index in [1.165, 1.54) is 0 Å². The minimum atomic E-state index is -1.48. The van der Waals surface area contributed by atoms with E-state index < -0.39 is 41.4 Å². The minimum Gasteiger partial charge on any atom is -0.497 e. The highest BCUT2D eigenvalue weighted by Gasteiger charge is 2.46. The van der Waals surface area contributed by atoms with Gasteiger partial charge in [-0.2, -0.15) is 0 Å². The van der Waals surface area contributed by atoms with Gasteiger partial charge in [0.05, 0.1) is 13.7 Å². The highest BCUT2D eigenvalue weighted by molar-refractivity contribution is 6.30. The third-order valence-electron chi connectivity index (χ3n) is 6.86. The first-order chi connectivity index (χ1) is 18.8. The summed E-state index contributed by atoms with van der Waals surface area (Å²) in [7, 11) is 1.59. The number of methoxy groups -OCH3 is 1. The zero-order valence-corrected chi connectivity index (χ0v) is 21.7. The van der Waals surface area contributed by atoms with Crippen LogP contribution in [0.25, 0.3) is 0 Å². The van der Waals surface area contributed by atoms with Crippen LogP contribution in [0.15, 0.2) is 101 Å². The van der Waals surface area contributed by atoms with Crippen molar-refractivity contribution in [3.05, 3.63) is 134 Å². The summed E-state index contributed by atoms with van der Waals surface area (Å²) >= 11 is 5.89. The molecule has 1 aliphatic heterocycles. The van der Waals surface area contributed by atoms with Crippen molar-refractivity contribution in [3.8, 4) is 5.75 Å². The number of nitrogens with one attached hydrogen (secondary N) is 1. The first kappa shape index (κ1) is 26.9. The van der Waals surface area contributed by atoms with Crippen LogP contribution in [0, 0.1) is 0 Å². The molecule has 3 N–H and O–H groups in total. The maximum absolute atomic E-state index is 12.4. The maximum atomic E-state index is 12.4. The Morgan fingerprint density at radius 1 is 0.897 bits per heavy atom. The van der Waals surface area contributed by atoms with Crippen molar-refractivity contribution >= 4 is 11.6 Å². The molecule has 0 bridgehead atoms. The molecular formula is C29H27ClN2O7. The molecule has 39 heavy (non-hydrogen) atoms. The van der Waals surface area contributed by atoms with Crippen LogP contribution in [0.2, 0.25) is 5.02 Å². The second kappa shape index (κ2) is 11.2. The molecule has 0 spiro atoms. The Labute approximate surface area is 228 Å². The third-order valence-corrected chi connectivity index (χ3v) is 7.13. The Morgan fingerprint density at radius 3 is 2.03 bits per heavy atom. The van der Waals surface area contributed by atoms with Crippen LogP contribution in [-0.4, -0.2) is 51.8 Å². The first-order valence-corrected chi connectivity index (χ1v) is 12.6. The number of aliphatic hydroxyl groups excluding tert-OH is 2. The second-order valence-corrected chi connectivity index (χ2v) is 9.55. The molecule has 0 unspecified atom stereocenters. The number of H-pyrrole nitrogens is 1. The molecule has 4 atom stereocenters. The highest BCUT2D eigenvalue weighted by atomic mass is 35.5. The van der Waals surface area contributed by atoms with Crippen molar-refractivity contribution in [1.82, 2.24) is 9.55 Å². The number of nitrogens with zero attached hydrogens (tertiary/aromatic N) is 1. The molecule has 2 heterocycles. The fraction of sp³-hybridized carbons (Fsp3) is 0.241. The molecule has 9 nitrogen and oxygen atoms in total. The molecular weight excluding hydrogens is 524 g/mol. The number of ether oxygens (including phenoxy) is 3. The lowest BCUT2D eigenvalue weighted by Gasteiger charge is -2.37. The van der Waals surface area contributed by atoms with Gasteiger partial charge in [-0.15, -0.1) is 0 Å². The first-order valence-electron chi connectivity index (χ1n) is 12.3. The molecule has 5 rings (SSSR count). The van der Waals surface area contributed by atoms with Crippen LogP contribution < -0.4 is 16.0 Å². The molecule has 4 aromatic rings. The van der Waals surface area contributed by atoms with Gasteiger partial charge in [0.2, 0.25) is 0 Å². The smallest absolute Gasteiger partial charge is 0.330 e. The molecule has 1 fully saturated rings. The van der Waals surface area contributed by atoms with Gasteiger partial charge < -0.3 is 24.4 Å². The van der Waals surface area contributed by atoms with E-state index in [4.69, 9.17) is 25.8 Å². The van der Waals surface area contributed by atoms with E-state index in [1.807, 2.05) is 84.9 Å². The molecule has 10 heteroatoms. The summed E-state index contributed by atoms with van der Waals surface area (Å²) in [6.45, 7) is -0.156. The largest absolute Gasteiger partial charge is 0.497 e. The average molecular weight is 551 g/mol. The molecule has 1 aromatic heterocycles. The van der Waals surface area contributed by atoms with Crippen molar-refractivity contribution in [2.75, 3.05) is 13.7 Å². The topological polar surface area (TPSA) is 123 Å². The number of aromatic amines is 1. The normalized spacial score (nSPS) is 21.1. The van der Waals surface area contributed by atoms with Crippen molar-refractivity contribution in [1.29, 1.82) is 0 Å². The summed E-state index contributed by atoms with van der Waals surface area (Å²) in [4.78, 5) is 26.2. The summed E-state index contributed by atoms with van der Waals surface area (Å²) in [6.07, 6.45) is -4.12. The lowest BCUT2D eigenvalue weighted by molar-refractivity contribution is -0.0958. The van der Waals surface area contributed by atoms with E-state index in [-0.39, 0.29) is 11.6 Å². The SMILES string of the molecule is COc1ccc(C(OC[C@H]2O[C@@H](n3cc(Cl)c(=O)[nH]c3=O)[C@H](O)[C@@H]2O)(c2ccccc2)c2ccccc2)cc1. The van der Waals surface area contributed by atoms with Gasteiger partial charge in [0.15, 0.2) is 6.23 Å². The van der Waals surface area contributed by atoms with Crippen molar-refractivity contribution in [3.63, 3.8) is 0 Å². The summed E-state index contributed by atoms with van der Waals surface area (Å²) in [5, 5.41) is 21.4. The maximum Gasteiger partial charge on any atom is 0.330 e. The molecule has 202 valence electrons. The predicted molar refractivity (Wildman–Crippen MR) is 144 cm³/mol. The average Bonchev–Trinajstić information content (AvgIpc) is 3.25. The van der Waals surface area contributed by atoms with E-state index in [1.54, 1.807) is 7.11 Å². The van der Waals surface area contributed by atoms with Gasteiger partial charge in [0.25, 0.3) is 5.56 Å². The van der Waals surface area contributed by atoms with Gasteiger partial charge in [-0.1, -0.05) is 84.4 Å². The number of hydrogen-bond acceptors (Lipinski definition) is 7. The Morgan fingerprint density at radius 2 is 1.46 bits per heavy atom. The van der Waals surface area contributed by atoms with Crippen LogP contribution in [0.1, 0.15) is 22.9 Å². The molecule has 0 amide bonds. The van der Waals surface area contributed by atoms with Crippen LogP contribution in [-0.2, 0) is 15.1 Å². The fourth-order valence-electron chi connectivity index (χ4n) is 4.88. The Hall–Kier alpha value is -3.73. The Bertz CT molecular complexity index is 1480. The third kappa shape index (κ3) is 5.03. The van der Waals surface area contributed by atoms with Gasteiger partial charge in [-0.3, -0.25) is 14.3 Å². The number of halogens is 1. The van der Waals surface area contributed by atoms with Crippen LogP contribution >= 0.6 is 11.6 Å². The van der Waals surface area contributed by atoms with Crippen LogP contribution in [0.3, 0.4) is 0 Å². The van der Waals surface area contributed by atoms with Gasteiger partial charge in [0.1, 0.15) is 34.7 Å². The highest BCUT2D eigenvalue weighted by Crippen LogP contribution is 2.42. The molecule has 0 radical (unpaired) electrons. The lowest BCUT2D eigenvalue weighted by Crippen LogP contribution is -2.40. The Balaban J connectivity index is 1.54. The van der Waals surface area contributed by atoms with Crippen LogP contribution in [0.5, 0.6) is 5.75 Å². The number of hydrogen-bond donors (Lipinski definition) is 3. The summed E-state index contributed by atoms with van der Waals surface area (Å²) in [5.41, 5.74) is -0.263. The van der Waals surface area contributed by atoms with E-state index >= 15 is 0 Å². The van der Waals surface area contributed by atoms with Crippen LogP contribution in [0.4, 0.5) is 0 Å². The van der Waals surface area contributed by atoms with E-state index in [0.717, 1.165) is 27.5 Å². The van der Waals surface area contributed by atoms with E-state index in [9.17, 15) is 19.8 Å². The van der Waals surface area contributed by atoms with E-state index in [2.05, 4.69) is 4.98 Å². The van der Waals surface area contributed by atoms with Crippen molar-refractivity contribution in [2.24, 2.45) is 0 Å². The quantitative estimate of drug-likeness (QED) is 0.288. The second-order valence-electron chi connectivity index (χ2n) is 9.14. The fourth-order valence-corrected chi connectivity index (χ4v) is 5.03. The Kier molecular flexibility index (Phi) is 7.69. The molecule has 1 saturated heterocycles. The monoisotopic (exact) mass is 550 g/mol. The number of aromatic nitrogens is 2. The zero-order valence-electron chi connectivity index (χ0n) is 20.9. The number of rotatable bonds is 8. The summed E-state index contributed by atoms with van der Waals surface area (Å²) in [5.74, 6) is 0.680. The standard InChI is InChI=1S/C29H27ClN2O7/c1-37-21-14-12-20(13-15-21)29(18-8-4-2-5-9-18,19-10-6-3-7-11-19)38-17-23-24(33)25(34)27(39-23)32-16-22(30)26(35)31-28(32)36/h2-16,23-25,27,33-34H,17H2,1H3,(H,31,35,36)/t23-,24-,25-,27-/m1/s1. The number of aliphatic hydroxyl groups is 2. The van der Waals surface area contributed by atoms with E-state index in [0.29, 0.717) is 5.75 Å². The minimum absolute atomic E-state index is 0.156. The summed E-state index contributed by atoms with van der Waals surface area (Å²) in [6, 6.07) is 26.7. The van der Waals surface area contributed by atoms with Crippen molar-refractivity contribution in [2.45, 2.75) is 30.1 Å². The van der Waals surface area contributed by atoms with Gasteiger partial charge >= 0.3 is 5.69 Å². The van der Waals surface area contributed by atoms with Crippen molar-refractivity contribution < 1.29 is 24.4 Å². The molecule has 0 aliphatic carbocycles. The van der Waals surface area contributed by atoms with Gasteiger partial charge in [-0.05, 0) is 28.8 Å². The molecule has 3 aromatic carbocycles. The lowest BCUT2D eigenvalue weighted by atomic mass is 9.80. The van der Waals surface area contributed by atoms with Gasteiger partial charge in [-0.25, -0.2) is 4.79 Å². The van der Waals surface area contributed by atoms with Gasteiger partial charge in [0, 0.05) is 6.20 Å². The zero-order chi connectivity index (χ0) is 27.6. The predicted octanol–water partition coefficient (Wildman–Crippen LogP) is 2.83. The molecule has 0 saturated carbocycles. The molecule has 1 aliphatic rings.